The zero-order chi connectivity index (χ0) is 14.7. The van der Waals surface area contributed by atoms with Gasteiger partial charge in [0.1, 0.15) is 6.10 Å². The lowest BCUT2D eigenvalue weighted by Crippen LogP contribution is -2.37. The minimum absolute atomic E-state index is 0.129. The number of aryl methyl sites for hydroxylation is 1. The van der Waals surface area contributed by atoms with Crippen molar-refractivity contribution < 1.29 is 19.4 Å². The topological polar surface area (TPSA) is 75.6 Å². The third-order valence-corrected chi connectivity index (χ3v) is 3.52. The Morgan fingerprint density at radius 2 is 1.85 bits per heavy atom. The van der Waals surface area contributed by atoms with Crippen LogP contribution >= 0.6 is 0 Å². The summed E-state index contributed by atoms with van der Waals surface area (Å²) in [5, 5.41) is 11.7. The van der Waals surface area contributed by atoms with Crippen LogP contribution in [0.3, 0.4) is 0 Å². The van der Waals surface area contributed by atoms with E-state index in [2.05, 4.69) is 5.32 Å². The highest BCUT2D eigenvalue weighted by molar-refractivity contribution is 5.83. The van der Waals surface area contributed by atoms with Gasteiger partial charge in [0.15, 0.2) is 6.10 Å². The molecule has 0 spiro atoms. The van der Waals surface area contributed by atoms with Gasteiger partial charge in [0.2, 0.25) is 5.91 Å². The Kier molecular flexibility index (Phi) is 4.39. The van der Waals surface area contributed by atoms with Crippen molar-refractivity contribution in [3.8, 4) is 0 Å². The molecule has 1 aromatic carbocycles. The molecule has 1 fully saturated rings. The number of ether oxygens (including phenoxy) is 1. The first-order valence-corrected chi connectivity index (χ1v) is 6.72. The quantitative estimate of drug-likeness (QED) is 0.880. The van der Waals surface area contributed by atoms with E-state index in [-0.39, 0.29) is 11.9 Å². The van der Waals surface area contributed by atoms with Crippen molar-refractivity contribution >= 4 is 11.9 Å². The van der Waals surface area contributed by atoms with Crippen LogP contribution in [-0.2, 0) is 14.3 Å². The molecule has 0 bridgehead atoms. The zero-order valence-corrected chi connectivity index (χ0v) is 11.6. The van der Waals surface area contributed by atoms with E-state index in [0.717, 1.165) is 11.1 Å². The molecular formula is C15H19NO4. The van der Waals surface area contributed by atoms with E-state index in [0.29, 0.717) is 12.8 Å². The lowest BCUT2D eigenvalue weighted by atomic mass is 10.1. The first-order chi connectivity index (χ1) is 9.47. The Balaban J connectivity index is 1.91. The van der Waals surface area contributed by atoms with E-state index in [4.69, 9.17) is 9.84 Å². The Morgan fingerprint density at radius 3 is 2.40 bits per heavy atom. The molecule has 108 valence electrons. The number of amides is 1. The molecule has 3 atom stereocenters. The molecule has 1 aliphatic heterocycles. The van der Waals surface area contributed by atoms with Gasteiger partial charge in [-0.2, -0.15) is 0 Å². The fourth-order valence-electron chi connectivity index (χ4n) is 2.26. The number of carbonyl (C=O) groups is 2. The molecule has 0 aromatic heterocycles. The highest BCUT2D eigenvalue weighted by Gasteiger charge is 2.35. The summed E-state index contributed by atoms with van der Waals surface area (Å²) < 4.78 is 5.23. The van der Waals surface area contributed by atoms with Gasteiger partial charge >= 0.3 is 5.97 Å². The van der Waals surface area contributed by atoms with E-state index in [1.165, 1.54) is 0 Å². The molecule has 0 radical (unpaired) electrons. The molecule has 1 saturated heterocycles. The van der Waals surface area contributed by atoms with E-state index >= 15 is 0 Å². The smallest absolute Gasteiger partial charge is 0.332 e. The molecule has 1 aliphatic rings. The summed E-state index contributed by atoms with van der Waals surface area (Å²) in [4.78, 5) is 22.8. The number of nitrogens with one attached hydrogen (secondary N) is 1. The highest BCUT2D eigenvalue weighted by atomic mass is 16.5. The summed E-state index contributed by atoms with van der Waals surface area (Å²) >= 11 is 0. The number of carbonyl (C=O) groups excluding carboxylic acids is 1. The number of benzene rings is 1. The third-order valence-electron chi connectivity index (χ3n) is 3.52. The van der Waals surface area contributed by atoms with Crippen LogP contribution in [0.25, 0.3) is 0 Å². The molecular weight excluding hydrogens is 258 g/mol. The Bertz CT molecular complexity index is 497. The van der Waals surface area contributed by atoms with Crippen molar-refractivity contribution in [2.24, 2.45) is 0 Å². The molecule has 5 nitrogen and oxygen atoms in total. The molecule has 1 heterocycles. The van der Waals surface area contributed by atoms with Gasteiger partial charge in [0.05, 0.1) is 6.04 Å². The Morgan fingerprint density at radius 1 is 1.25 bits per heavy atom. The number of aliphatic carboxylic acids is 1. The standard InChI is InChI=1S/C15H19NO4/c1-9-3-5-11(6-4-9)10(2)16-14(17)12-7-8-13(20-12)15(18)19/h3-6,10,12-13H,7-8H2,1-2H3,(H,16,17)(H,18,19)/t10?,12-,13+/m0/s1. The van der Waals surface area contributed by atoms with Gasteiger partial charge in [0, 0.05) is 0 Å². The minimum Gasteiger partial charge on any atom is -0.479 e. The maximum Gasteiger partial charge on any atom is 0.332 e. The monoisotopic (exact) mass is 277 g/mol. The Hall–Kier alpha value is -1.88. The van der Waals surface area contributed by atoms with Crippen LogP contribution in [0.2, 0.25) is 0 Å². The van der Waals surface area contributed by atoms with Gasteiger partial charge in [-0.15, -0.1) is 0 Å². The second kappa shape index (κ2) is 6.05. The summed E-state index contributed by atoms with van der Waals surface area (Å²) in [5.41, 5.74) is 2.17. The van der Waals surface area contributed by atoms with E-state index in [9.17, 15) is 9.59 Å². The summed E-state index contributed by atoms with van der Waals surface area (Å²) in [6.07, 6.45) is -0.695. The molecule has 1 unspecified atom stereocenters. The number of carboxylic acids is 1. The zero-order valence-electron chi connectivity index (χ0n) is 11.6. The predicted molar refractivity (Wildman–Crippen MR) is 73.3 cm³/mol. The molecule has 1 amide bonds. The van der Waals surface area contributed by atoms with Crippen LogP contribution in [-0.4, -0.2) is 29.2 Å². The van der Waals surface area contributed by atoms with Crippen LogP contribution in [0.1, 0.15) is 36.9 Å². The van der Waals surface area contributed by atoms with Crippen molar-refractivity contribution in [1.82, 2.24) is 5.32 Å². The molecule has 5 heteroatoms. The lowest BCUT2D eigenvalue weighted by molar-refractivity contribution is -0.151. The first kappa shape index (κ1) is 14.5. The summed E-state index contributed by atoms with van der Waals surface area (Å²) in [6, 6.07) is 7.79. The average Bonchev–Trinajstić information content (AvgIpc) is 2.89. The molecule has 2 rings (SSSR count). The fourth-order valence-corrected chi connectivity index (χ4v) is 2.26. The number of rotatable bonds is 4. The van der Waals surface area contributed by atoms with Gasteiger partial charge in [0.25, 0.3) is 0 Å². The first-order valence-electron chi connectivity index (χ1n) is 6.72. The largest absolute Gasteiger partial charge is 0.479 e. The average molecular weight is 277 g/mol. The summed E-state index contributed by atoms with van der Waals surface area (Å²) in [6.45, 7) is 3.90. The predicted octanol–water partition coefficient (Wildman–Crippen LogP) is 1.80. The normalized spacial score (nSPS) is 23.3. The van der Waals surface area contributed by atoms with Crippen LogP contribution in [0.4, 0.5) is 0 Å². The third kappa shape index (κ3) is 3.36. The van der Waals surface area contributed by atoms with E-state index < -0.39 is 18.2 Å². The molecule has 1 aromatic rings. The van der Waals surface area contributed by atoms with Gasteiger partial charge in [-0.05, 0) is 32.3 Å². The SMILES string of the molecule is Cc1ccc(C(C)NC(=O)[C@@H]2CC[C@H](C(=O)O)O2)cc1. The molecule has 2 N–H and O–H groups in total. The van der Waals surface area contributed by atoms with Gasteiger partial charge in [-0.1, -0.05) is 29.8 Å². The Labute approximate surface area is 117 Å². The van der Waals surface area contributed by atoms with Crippen LogP contribution < -0.4 is 5.32 Å². The van der Waals surface area contributed by atoms with E-state index in [1.807, 2.05) is 38.1 Å². The van der Waals surface area contributed by atoms with Crippen LogP contribution in [0.5, 0.6) is 0 Å². The molecule has 20 heavy (non-hydrogen) atoms. The second-order valence-electron chi connectivity index (χ2n) is 5.17. The summed E-state index contributed by atoms with van der Waals surface area (Å²) in [7, 11) is 0. The van der Waals surface area contributed by atoms with Crippen molar-refractivity contribution in [3.63, 3.8) is 0 Å². The number of hydrogen-bond donors (Lipinski definition) is 2. The van der Waals surface area contributed by atoms with Gasteiger partial charge in [-0.3, -0.25) is 4.79 Å². The lowest BCUT2D eigenvalue weighted by Gasteiger charge is -2.17. The van der Waals surface area contributed by atoms with Crippen molar-refractivity contribution in [2.75, 3.05) is 0 Å². The van der Waals surface area contributed by atoms with Crippen molar-refractivity contribution in [2.45, 2.75) is 44.9 Å². The summed E-state index contributed by atoms with van der Waals surface area (Å²) in [5.74, 6) is -1.26. The van der Waals surface area contributed by atoms with Crippen molar-refractivity contribution in [3.05, 3.63) is 35.4 Å². The van der Waals surface area contributed by atoms with E-state index in [1.54, 1.807) is 0 Å². The van der Waals surface area contributed by atoms with Crippen LogP contribution in [0.15, 0.2) is 24.3 Å². The second-order valence-corrected chi connectivity index (χ2v) is 5.17. The molecule has 0 saturated carbocycles. The molecule has 0 aliphatic carbocycles. The maximum atomic E-state index is 12.0. The van der Waals surface area contributed by atoms with Crippen LogP contribution in [0, 0.1) is 6.92 Å². The number of carboxylic acid groups (broad SMARTS) is 1. The fraction of sp³-hybridized carbons (Fsp3) is 0.467. The van der Waals surface area contributed by atoms with Crippen molar-refractivity contribution in [1.29, 1.82) is 0 Å². The van der Waals surface area contributed by atoms with Gasteiger partial charge < -0.3 is 15.2 Å². The minimum atomic E-state index is -1.01. The van der Waals surface area contributed by atoms with Gasteiger partial charge in [-0.25, -0.2) is 4.79 Å². The maximum absolute atomic E-state index is 12.0. The number of hydrogen-bond acceptors (Lipinski definition) is 3. The highest BCUT2D eigenvalue weighted by Crippen LogP contribution is 2.21.